The number of likely N-dealkylation sites (tertiary alicyclic amines) is 1. The Balaban J connectivity index is 1.33. The third-order valence-electron chi connectivity index (χ3n) is 7.94. The standard InChI is InChI=1S/C31H37N5O3/c1-24-9-14-33-27(20-24)30(38)36-17-11-31(12-18-36)10-5-16-35(22-25-6-4-13-32-21-25)19-15-34-29(37)26-7-2-3-8-28(26)39-23-31/h2-4,6-9,13-14,20-21H,5,10-12,15-19,22-23H2,1H3,(H,34,37). The highest BCUT2D eigenvalue weighted by Crippen LogP contribution is 2.38. The largest absolute Gasteiger partial charge is 0.492 e. The van der Waals surface area contributed by atoms with Crippen molar-refractivity contribution < 1.29 is 14.3 Å². The lowest BCUT2D eigenvalue weighted by atomic mass is 9.75. The van der Waals surface area contributed by atoms with E-state index in [1.807, 2.05) is 60.5 Å². The van der Waals surface area contributed by atoms with Crippen molar-refractivity contribution in [2.45, 2.75) is 39.2 Å². The zero-order valence-electron chi connectivity index (χ0n) is 22.6. The summed E-state index contributed by atoms with van der Waals surface area (Å²) in [6.07, 6.45) is 9.08. The van der Waals surface area contributed by atoms with Gasteiger partial charge in [-0.1, -0.05) is 18.2 Å². The number of rotatable bonds is 3. The molecule has 1 spiro atoms. The smallest absolute Gasteiger partial charge is 0.272 e. The van der Waals surface area contributed by atoms with Crippen LogP contribution in [0.4, 0.5) is 0 Å². The molecule has 2 aliphatic heterocycles. The number of fused-ring (bicyclic) bond motifs is 1. The Morgan fingerprint density at radius 2 is 1.87 bits per heavy atom. The summed E-state index contributed by atoms with van der Waals surface area (Å²) in [6, 6.07) is 15.3. The van der Waals surface area contributed by atoms with Gasteiger partial charge >= 0.3 is 0 Å². The predicted molar refractivity (Wildman–Crippen MR) is 150 cm³/mol. The van der Waals surface area contributed by atoms with Crippen LogP contribution in [0.25, 0.3) is 0 Å². The van der Waals surface area contributed by atoms with Gasteiger partial charge in [-0.25, -0.2) is 0 Å². The molecular formula is C31H37N5O3. The van der Waals surface area contributed by atoms with Crippen molar-refractivity contribution in [2.75, 3.05) is 39.3 Å². The Morgan fingerprint density at radius 1 is 1.03 bits per heavy atom. The number of para-hydroxylation sites is 1. The number of nitrogens with zero attached hydrogens (tertiary/aromatic N) is 4. The highest BCUT2D eigenvalue weighted by Gasteiger charge is 2.37. The van der Waals surface area contributed by atoms with Gasteiger partial charge in [0, 0.05) is 56.7 Å². The third-order valence-corrected chi connectivity index (χ3v) is 7.94. The average molecular weight is 528 g/mol. The summed E-state index contributed by atoms with van der Waals surface area (Å²) >= 11 is 0. The maximum Gasteiger partial charge on any atom is 0.272 e. The maximum atomic E-state index is 13.2. The second-order valence-corrected chi connectivity index (χ2v) is 10.8. The monoisotopic (exact) mass is 527 g/mol. The van der Waals surface area contributed by atoms with Gasteiger partial charge in [0.25, 0.3) is 11.8 Å². The van der Waals surface area contributed by atoms with E-state index in [1.54, 1.807) is 12.4 Å². The summed E-state index contributed by atoms with van der Waals surface area (Å²) in [5.74, 6) is 0.485. The zero-order valence-corrected chi connectivity index (χ0v) is 22.6. The fourth-order valence-electron chi connectivity index (χ4n) is 5.60. The predicted octanol–water partition coefficient (Wildman–Crippen LogP) is 4.11. The molecule has 0 aliphatic carbocycles. The van der Waals surface area contributed by atoms with Crippen LogP contribution in [0.5, 0.6) is 5.75 Å². The van der Waals surface area contributed by atoms with E-state index in [9.17, 15) is 9.59 Å². The lowest BCUT2D eigenvalue weighted by Gasteiger charge is -2.42. The van der Waals surface area contributed by atoms with Gasteiger partial charge in [-0.05, 0) is 80.6 Å². The number of nitrogens with one attached hydrogen (secondary N) is 1. The highest BCUT2D eigenvalue weighted by molar-refractivity contribution is 5.96. The van der Waals surface area contributed by atoms with Gasteiger partial charge in [0.15, 0.2) is 0 Å². The van der Waals surface area contributed by atoms with Crippen molar-refractivity contribution in [2.24, 2.45) is 5.41 Å². The number of carbonyl (C=O) groups is 2. The van der Waals surface area contributed by atoms with Crippen LogP contribution in [0.1, 0.15) is 57.7 Å². The Labute approximate surface area is 230 Å². The second-order valence-electron chi connectivity index (χ2n) is 10.8. The van der Waals surface area contributed by atoms with Crippen LogP contribution in [0.3, 0.4) is 0 Å². The molecule has 2 amide bonds. The molecule has 4 heterocycles. The number of hydrogen-bond acceptors (Lipinski definition) is 6. The molecular weight excluding hydrogens is 490 g/mol. The number of piperidine rings is 1. The van der Waals surface area contributed by atoms with Gasteiger partial charge in [-0.2, -0.15) is 0 Å². The molecule has 1 N–H and O–H groups in total. The van der Waals surface area contributed by atoms with E-state index < -0.39 is 0 Å². The van der Waals surface area contributed by atoms with Gasteiger partial charge < -0.3 is 15.0 Å². The summed E-state index contributed by atoms with van der Waals surface area (Å²) in [5.41, 5.74) is 3.18. The van der Waals surface area contributed by atoms with Crippen molar-refractivity contribution in [3.05, 3.63) is 89.5 Å². The zero-order chi connectivity index (χ0) is 27.1. The summed E-state index contributed by atoms with van der Waals surface area (Å²) in [5, 5.41) is 3.08. The highest BCUT2D eigenvalue weighted by atomic mass is 16.5. The molecule has 3 aromatic rings. The maximum absolute atomic E-state index is 13.2. The van der Waals surface area contributed by atoms with Crippen LogP contribution in [0.2, 0.25) is 0 Å². The molecule has 1 fully saturated rings. The number of ether oxygens (including phenoxy) is 1. The normalized spacial score (nSPS) is 18.6. The van der Waals surface area contributed by atoms with E-state index in [0.29, 0.717) is 43.2 Å². The number of aromatic nitrogens is 2. The number of hydrogen-bond donors (Lipinski definition) is 1. The molecule has 0 saturated carbocycles. The Kier molecular flexibility index (Phi) is 8.51. The fourth-order valence-corrected chi connectivity index (χ4v) is 5.60. The number of pyridine rings is 2. The first-order chi connectivity index (χ1) is 19.0. The van der Waals surface area contributed by atoms with Crippen LogP contribution in [-0.4, -0.2) is 70.9 Å². The fraction of sp³-hybridized carbons (Fsp3) is 0.419. The molecule has 8 heteroatoms. The summed E-state index contributed by atoms with van der Waals surface area (Å²) < 4.78 is 6.39. The molecule has 5 rings (SSSR count). The number of benzene rings is 1. The minimum Gasteiger partial charge on any atom is -0.492 e. The molecule has 0 radical (unpaired) electrons. The van der Waals surface area contributed by atoms with Crippen LogP contribution in [-0.2, 0) is 6.54 Å². The van der Waals surface area contributed by atoms with E-state index in [-0.39, 0.29) is 17.2 Å². The third kappa shape index (κ3) is 6.81. The van der Waals surface area contributed by atoms with E-state index in [0.717, 1.165) is 56.4 Å². The minimum atomic E-state index is -0.119. The molecule has 2 aliphatic rings. The molecule has 0 bridgehead atoms. The molecule has 39 heavy (non-hydrogen) atoms. The van der Waals surface area contributed by atoms with Gasteiger partial charge in [0.05, 0.1) is 12.2 Å². The molecule has 1 aromatic carbocycles. The molecule has 1 saturated heterocycles. The molecule has 0 unspecified atom stereocenters. The lowest BCUT2D eigenvalue weighted by molar-refractivity contribution is 0.0345. The number of carbonyl (C=O) groups excluding carboxylic acids is 2. The summed E-state index contributed by atoms with van der Waals surface area (Å²) in [4.78, 5) is 39.1. The Morgan fingerprint density at radius 3 is 2.67 bits per heavy atom. The summed E-state index contributed by atoms with van der Waals surface area (Å²) in [6.45, 7) is 6.84. The molecule has 8 nitrogen and oxygen atoms in total. The second kappa shape index (κ2) is 12.4. The van der Waals surface area contributed by atoms with Crippen molar-refractivity contribution in [1.82, 2.24) is 25.1 Å². The Bertz CT molecular complexity index is 1270. The topological polar surface area (TPSA) is 87.7 Å². The van der Waals surface area contributed by atoms with Gasteiger partial charge in [0.1, 0.15) is 11.4 Å². The van der Waals surface area contributed by atoms with Crippen molar-refractivity contribution in [3.63, 3.8) is 0 Å². The average Bonchev–Trinajstić information content (AvgIpc) is 2.97. The summed E-state index contributed by atoms with van der Waals surface area (Å²) in [7, 11) is 0. The van der Waals surface area contributed by atoms with Crippen LogP contribution in [0, 0.1) is 12.3 Å². The van der Waals surface area contributed by atoms with E-state index in [2.05, 4.69) is 26.3 Å². The first-order valence-corrected chi connectivity index (χ1v) is 13.8. The molecule has 0 atom stereocenters. The van der Waals surface area contributed by atoms with E-state index >= 15 is 0 Å². The molecule has 204 valence electrons. The first kappa shape index (κ1) is 26.8. The van der Waals surface area contributed by atoms with Gasteiger partial charge in [-0.15, -0.1) is 0 Å². The number of aryl methyl sites for hydroxylation is 1. The van der Waals surface area contributed by atoms with Crippen molar-refractivity contribution in [1.29, 1.82) is 0 Å². The van der Waals surface area contributed by atoms with Crippen LogP contribution >= 0.6 is 0 Å². The molecule has 2 aromatic heterocycles. The lowest BCUT2D eigenvalue weighted by Crippen LogP contribution is -2.46. The van der Waals surface area contributed by atoms with E-state index in [4.69, 9.17) is 4.74 Å². The van der Waals surface area contributed by atoms with Gasteiger partial charge in [0.2, 0.25) is 0 Å². The van der Waals surface area contributed by atoms with Crippen molar-refractivity contribution in [3.8, 4) is 5.75 Å². The van der Waals surface area contributed by atoms with Crippen LogP contribution in [0.15, 0.2) is 67.1 Å². The SMILES string of the molecule is Cc1ccnc(C(=O)N2CCC3(CCCN(Cc4cccnc4)CCNC(=O)c4ccccc4OC3)CC2)c1. The first-order valence-electron chi connectivity index (χ1n) is 13.8. The minimum absolute atomic E-state index is 0.0104. The van der Waals surface area contributed by atoms with Gasteiger partial charge in [-0.3, -0.25) is 24.5 Å². The van der Waals surface area contributed by atoms with Crippen molar-refractivity contribution >= 4 is 11.8 Å². The Hall–Kier alpha value is -3.78. The van der Waals surface area contributed by atoms with Crippen LogP contribution < -0.4 is 10.1 Å². The van der Waals surface area contributed by atoms with E-state index in [1.165, 1.54) is 0 Å². The number of amides is 2. The quantitative estimate of drug-likeness (QED) is 0.552.